The fraction of sp³-hybridized carbons (Fsp3) is 0.562. The number of nitrogens with one attached hydrogen (secondary N) is 1. The molecule has 1 fully saturated rings. The van der Waals surface area contributed by atoms with Gasteiger partial charge in [0.05, 0.1) is 0 Å². The average Bonchev–Trinajstić information content (AvgIpc) is 2.44. The summed E-state index contributed by atoms with van der Waals surface area (Å²) in [6.45, 7) is 4.40. The van der Waals surface area contributed by atoms with Gasteiger partial charge in [-0.3, -0.25) is 4.79 Å². The summed E-state index contributed by atoms with van der Waals surface area (Å²) < 4.78 is 26.1. The molecular weight excluding hydrogens is 290 g/mol. The van der Waals surface area contributed by atoms with E-state index < -0.39 is 11.6 Å². The Balaban J connectivity index is 1.82. The molecule has 2 rings (SSSR count). The van der Waals surface area contributed by atoms with Crippen LogP contribution < -0.4 is 5.32 Å². The number of rotatable bonds is 5. The highest BCUT2D eigenvalue weighted by molar-refractivity contribution is 5.90. The van der Waals surface area contributed by atoms with E-state index in [1.54, 1.807) is 0 Å². The summed E-state index contributed by atoms with van der Waals surface area (Å²) in [7, 11) is 0. The molecule has 4 nitrogen and oxygen atoms in total. The Labute approximate surface area is 129 Å². The first-order valence-electron chi connectivity index (χ1n) is 7.49. The van der Waals surface area contributed by atoms with E-state index in [-0.39, 0.29) is 30.0 Å². The van der Waals surface area contributed by atoms with Gasteiger partial charge >= 0.3 is 0 Å². The van der Waals surface area contributed by atoms with Crippen LogP contribution in [0.5, 0.6) is 0 Å². The normalized spacial score (nSPS) is 22.5. The number of aliphatic hydroxyl groups is 1. The van der Waals surface area contributed by atoms with Crippen LogP contribution in [0, 0.1) is 17.0 Å². The second-order valence-electron chi connectivity index (χ2n) is 6.30. The molecule has 0 aliphatic carbocycles. The van der Waals surface area contributed by atoms with Crippen LogP contribution in [0.25, 0.3) is 0 Å². The molecule has 1 unspecified atom stereocenters. The number of halogens is 2. The summed E-state index contributed by atoms with van der Waals surface area (Å²) in [4.78, 5) is 14.0. The highest BCUT2D eigenvalue weighted by Gasteiger charge is 2.30. The Bertz CT molecular complexity index is 519. The molecule has 1 amide bonds. The molecule has 0 bridgehead atoms. The van der Waals surface area contributed by atoms with Crippen molar-refractivity contribution in [3.63, 3.8) is 0 Å². The number of carbonyl (C=O) groups is 1. The van der Waals surface area contributed by atoms with Crippen molar-refractivity contribution >= 4 is 11.6 Å². The van der Waals surface area contributed by atoms with E-state index in [9.17, 15) is 18.7 Å². The van der Waals surface area contributed by atoms with Gasteiger partial charge in [0.2, 0.25) is 5.91 Å². The van der Waals surface area contributed by atoms with Crippen LogP contribution in [0.4, 0.5) is 14.5 Å². The minimum absolute atomic E-state index is 0.111. The lowest BCUT2D eigenvalue weighted by Gasteiger charge is -2.39. The third-order valence-electron chi connectivity index (χ3n) is 4.04. The maximum Gasteiger partial charge on any atom is 0.225 e. The highest BCUT2D eigenvalue weighted by Crippen LogP contribution is 2.28. The first-order chi connectivity index (χ1) is 10.4. The smallest absolute Gasteiger partial charge is 0.225 e. The van der Waals surface area contributed by atoms with Gasteiger partial charge in [0.25, 0.3) is 0 Å². The van der Waals surface area contributed by atoms with Gasteiger partial charge in [0, 0.05) is 43.3 Å². The Kier molecular flexibility index (Phi) is 5.47. The van der Waals surface area contributed by atoms with E-state index in [0.717, 1.165) is 44.1 Å². The number of nitrogens with zero attached hydrogens (tertiary/aromatic N) is 1. The lowest BCUT2D eigenvalue weighted by molar-refractivity contribution is -0.116. The average molecular weight is 312 g/mol. The van der Waals surface area contributed by atoms with Crippen molar-refractivity contribution in [1.29, 1.82) is 0 Å². The van der Waals surface area contributed by atoms with Crippen molar-refractivity contribution in [2.75, 3.05) is 31.6 Å². The number of piperidine rings is 1. The molecule has 1 aliphatic rings. The minimum Gasteiger partial charge on any atom is -0.396 e. The molecule has 1 heterocycles. The fourth-order valence-electron chi connectivity index (χ4n) is 2.86. The molecule has 0 spiro atoms. The molecule has 1 atom stereocenters. The number of carbonyl (C=O) groups excluding carboxylic acids is 1. The lowest BCUT2D eigenvalue weighted by atomic mass is 9.83. The largest absolute Gasteiger partial charge is 0.396 e. The molecule has 0 radical (unpaired) electrons. The maximum atomic E-state index is 13.1. The van der Waals surface area contributed by atoms with Gasteiger partial charge in [-0.2, -0.15) is 0 Å². The fourth-order valence-corrected chi connectivity index (χ4v) is 2.86. The number of anilines is 1. The van der Waals surface area contributed by atoms with Gasteiger partial charge in [0.1, 0.15) is 11.6 Å². The third kappa shape index (κ3) is 4.74. The lowest BCUT2D eigenvalue weighted by Crippen LogP contribution is -2.44. The van der Waals surface area contributed by atoms with Crippen LogP contribution in [0.15, 0.2) is 18.2 Å². The Morgan fingerprint density at radius 1 is 1.36 bits per heavy atom. The van der Waals surface area contributed by atoms with Crippen molar-refractivity contribution in [3.05, 3.63) is 29.8 Å². The molecule has 6 heteroatoms. The van der Waals surface area contributed by atoms with Crippen molar-refractivity contribution < 1.29 is 18.7 Å². The zero-order valence-corrected chi connectivity index (χ0v) is 12.7. The molecule has 122 valence electrons. The minimum atomic E-state index is -0.718. The summed E-state index contributed by atoms with van der Waals surface area (Å²) in [5, 5.41) is 11.9. The second-order valence-corrected chi connectivity index (χ2v) is 6.30. The Hall–Kier alpha value is -1.53. The predicted octanol–water partition coefficient (Wildman–Crippen LogP) is 2.39. The van der Waals surface area contributed by atoms with Crippen molar-refractivity contribution in [3.8, 4) is 0 Å². The van der Waals surface area contributed by atoms with E-state index >= 15 is 0 Å². The summed E-state index contributed by atoms with van der Waals surface area (Å²) in [5.74, 6) is -1.71. The Morgan fingerprint density at radius 2 is 2.05 bits per heavy atom. The van der Waals surface area contributed by atoms with Crippen molar-refractivity contribution in [1.82, 2.24) is 4.90 Å². The molecule has 0 aromatic heterocycles. The quantitative estimate of drug-likeness (QED) is 0.878. The van der Waals surface area contributed by atoms with Crippen LogP contribution in [0.2, 0.25) is 0 Å². The summed E-state index contributed by atoms with van der Waals surface area (Å²) in [6.07, 6.45) is 2.22. The van der Waals surface area contributed by atoms with Crippen molar-refractivity contribution in [2.24, 2.45) is 5.41 Å². The summed E-state index contributed by atoms with van der Waals surface area (Å²) >= 11 is 0. The number of hydrogen-bond donors (Lipinski definition) is 2. The number of aliphatic hydroxyl groups excluding tert-OH is 1. The molecule has 1 aromatic carbocycles. The van der Waals surface area contributed by atoms with E-state index in [1.165, 1.54) is 0 Å². The van der Waals surface area contributed by atoms with Crippen LogP contribution in [0.1, 0.15) is 26.2 Å². The number of amides is 1. The zero-order valence-electron chi connectivity index (χ0n) is 12.7. The van der Waals surface area contributed by atoms with E-state index in [0.29, 0.717) is 6.54 Å². The number of likely N-dealkylation sites (tertiary alicyclic amines) is 1. The maximum absolute atomic E-state index is 13.1. The molecule has 0 saturated carbocycles. The van der Waals surface area contributed by atoms with E-state index in [4.69, 9.17) is 0 Å². The molecule has 2 N–H and O–H groups in total. The molecule has 1 aliphatic heterocycles. The molecule has 22 heavy (non-hydrogen) atoms. The number of benzene rings is 1. The Morgan fingerprint density at radius 3 is 2.68 bits per heavy atom. The predicted molar refractivity (Wildman–Crippen MR) is 80.5 cm³/mol. The van der Waals surface area contributed by atoms with Crippen LogP contribution in [0.3, 0.4) is 0 Å². The van der Waals surface area contributed by atoms with Gasteiger partial charge in [-0.15, -0.1) is 0 Å². The first kappa shape index (κ1) is 16.8. The molecule has 1 saturated heterocycles. The van der Waals surface area contributed by atoms with E-state index in [1.807, 2.05) is 6.92 Å². The van der Waals surface area contributed by atoms with Gasteiger partial charge in [-0.1, -0.05) is 6.92 Å². The zero-order chi connectivity index (χ0) is 16.2. The van der Waals surface area contributed by atoms with Gasteiger partial charge in [0.15, 0.2) is 0 Å². The van der Waals surface area contributed by atoms with Crippen LogP contribution in [-0.2, 0) is 4.79 Å². The summed E-state index contributed by atoms with van der Waals surface area (Å²) in [5.41, 5.74) is 0.0155. The van der Waals surface area contributed by atoms with Gasteiger partial charge < -0.3 is 15.3 Å². The monoisotopic (exact) mass is 312 g/mol. The first-order valence-corrected chi connectivity index (χ1v) is 7.49. The topological polar surface area (TPSA) is 52.6 Å². The third-order valence-corrected chi connectivity index (χ3v) is 4.04. The van der Waals surface area contributed by atoms with Crippen LogP contribution >= 0.6 is 0 Å². The highest BCUT2D eigenvalue weighted by atomic mass is 19.1. The number of hydrogen-bond acceptors (Lipinski definition) is 3. The van der Waals surface area contributed by atoms with Gasteiger partial charge in [-0.25, -0.2) is 8.78 Å². The van der Waals surface area contributed by atoms with Gasteiger partial charge in [-0.05, 0) is 31.5 Å². The molecular formula is C16H22F2N2O2. The summed E-state index contributed by atoms with van der Waals surface area (Å²) in [6, 6.07) is 2.94. The SMILES string of the molecule is CC1(CO)CCCN(CCC(=O)Nc2cc(F)cc(F)c2)C1. The standard InChI is InChI=1S/C16H22F2N2O2/c1-16(11-21)4-2-5-20(10-16)6-3-15(22)19-14-8-12(17)7-13(18)9-14/h7-9,21H,2-6,10-11H2,1H3,(H,19,22). The second kappa shape index (κ2) is 7.15. The molecule has 1 aromatic rings. The van der Waals surface area contributed by atoms with Crippen molar-refractivity contribution in [2.45, 2.75) is 26.2 Å². The van der Waals surface area contributed by atoms with E-state index in [2.05, 4.69) is 10.2 Å². The van der Waals surface area contributed by atoms with Crippen LogP contribution in [-0.4, -0.2) is 42.2 Å².